The predicted molar refractivity (Wildman–Crippen MR) is 184 cm³/mol. The minimum Gasteiger partial charge on any atom is -0.394 e. The molecule has 11 heteroatoms. The third-order valence-electron chi connectivity index (χ3n) is 15.1. The smallest absolute Gasteiger partial charge is 0.187 e. The SMILES string of the molecule is CC(C)CCC[C@@H](C)[C@H]1CC[C@H]2[C@@H]3CCC4C[C@@H](O[C@@H]5O[C@H](CO)[C@@H](O[C@@H]6O[C@H](CO)[C@@H](O)[C@H](O)[C@H]6O)[C@H](O)[C@H]5O)CC[C@]4(C)[C@H]3CC[C@]12C. The van der Waals surface area contributed by atoms with Gasteiger partial charge in [-0.3, -0.25) is 0 Å². The molecule has 6 fully saturated rings. The zero-order chi connectivity index (χ0) is 36.1. The highest BCUT2D eigenvalue weighted by atomic mass is 16.7. The van der Waals surface area contributed by atoms with E-state index in [1.807, 2.05) is 0 Å². The number of hydrogen-bond acceptors (Lipinski definition) is 11. The Kier molecular flexibility index (Phi) is 12.4. The van der Waals surface area contributed by atoms with E-state index < -0.39 is 74.6 Å². The molecule has 50 heavy (non-hydrogen) atoms. The number of aliphatic hydroxyl groups is 7. The van der Waals surface area contributed by atoms with Crippen LogP contribution < -0.4 is 0 Å². The molecule has 7 N–H and O–H groups in total. The van der Waals surface area contributed by atoms with Crippen molar-refractivity contribution < 1.29 is 54.7 Å². The Morgan fingerprint density at radius 2 is 1.30 bits per heavy atom. The molecule has 0 aromatic carbocycles. The van der Waals surface area contributed by atoms with Gasteiger partial charge in [0.2, 0.25) is 0 Å². The summed E-state index contributed by atoms with van der Waals surface area (Å²) in [4.78, 5) is 0. The van der Waals surface area contributed by atoms with Gasteiger partial charge in [-0.1, -0.05) is 53.9 Å². The third-order valence-corrected chi connectivity index (χ3v) is 15.1. The van der Waals surface area contributed by atoms with Crippen molar-refractivity contribution in [3.05, 3.63) is 0 Å². The average Bonchev–Trinajstić information content (AvgIpc) is 3.45. The third kappa shape index (κ3) is 7.21. The Morgan fingerprint density at radius 1 is 0.660 bits per heavy atom. The van der Waals surface area contributed by atoms with Crippen molar-refractivity contribution in [3.63, 3.8) is 0 Å². The molecule has 4 saturated carbocycles. The van der Waals surface area contributed by atoms with Crippen molar-refractivity contribution in [2.75, 3.05) is 13.2 Å². The topological polar surface area (TPSA) is 179 Å². The molecule has 2 saturated heterocycles. The summed E-state index contributed by atoms with van der Waals surface area (Å²) in [5, 5.41) is 72.7. The van der Waals surface area contributed by atoms with Crippen molar-refractivity contribution in [3.8, 4) is 0 Å². The molecule has 2 heterocycles. The van der Waals surface area contributed by atoms with E-state index in [0.29, 0.717) is 11.3 Å². The molecule has 6 rings (SSSR count). The Balaban J connectivity index is 1.05. The molecule has 0 radical (unpaired) electrons. The summed E-state index contributed by atoms with van der Waals surface area (Å²) < 4.78 is 23.5. The molecule has 4 aliphatic carbocycles. The summed E-state index contributed by atoms with van der Waals surface area (Å²) >= 11 is 0. The lowest BCUT2D eigenvalue weighted by Crippen LogP contribution is -2.65. The van der Waals surface area contributed by atoms with Crippen molar-refractivity contribution >= 4 is 0 Å². The molecule has 6 aliphatic rings. The Bertz CT molecular complexity index is 1110. The van der Waals surface area contributed by atoms with E-state index in [2.05, 4.69) is 34.6 Å². The Hall–Kier alpha value is -0.440. The van der Waals surface area contributed by atoms with Crippen molar-refractivity contribution in [2.45, 2.75) is 179 Å². The number of ether oxygens (including phenoxy) is 4. The van der Waals surface area contributed by atoms with Gasteiger partial charge in [-0.05, 0) is 110 Å². The predicted octanol–water partition coefficient (Wildman–Crippen LogP) is 3.12. The lowest BCUT2D eigenvalue weighted by atomic mass is 9.44. The van der Waals surface area contributed by atoms with E-state index in [-0.39, 0.29) is 11.5 Å². The van der Waals surface area contributed by atoms with E-state index in [9.17, 15) is 35.7 Å². The molecule has 0 spiro atoms. The van der Waals surface area contributed by atoms with E-state index in [0.717, 1.165) is 54.8 Å². The van der Waals surface area contributed by atoms with E-state index in [1.165, 1.54) is 57.8 Å². The summed E-state index contributed by atoms with van der Waals surface area (Å²) in [6.45, 7) is 11.2. The van der Waals surface area contributed by atoms with Crippen LogP contribution in [0.1, 0.15) is 112 Å². The van der Waals surface area contributed by atoms with Crippen molar-refractivity contribution in [1.29, 1.82) is 0 Å². The fourth-order valence-electron chi connectivity index (χ4n) is 12.2. The van der Waals surface area contributed by atoms with Crippen LogP contribution in [-0.2, 0) is 18.9 Å². The fraction of sp³-hybridized carbons (Fsp3) is 1.00. The van der Waals surface area contributed by atoms with Gasteiger partial charge in [0.05, 0.1) is 19.3 Å². The highest BCUT2D eigenvalue weighted by Gasteiger charge is 2.61. The maximum Gasteiger partial charge on any atom is 0.187 e. The van der Waals surface area contributed by atoms with Crippen molar-refractivity contribution in [1.82, 2.24) is 0 Å². The van der Waals surface area contributed by atoms with E-state index in [1.54, 1.807) is 0 Å². The van der Waals surface area contributed by atoms with Gasteiger partial charge in [0.25, 0.3) is 0 Å². The zero-order valence-corrected chi connectivity index (χ0v) is 31.1. The quantitative estimate of drug-likeness (QED) is 0.157. The van der Waals surface area contributed by atoms with Crippen LogP contribution in [0.3, 0.4) is 0 Å². The van der Waals surface area contributed by atoms with Crippen LogP contribution >= 0.6 is 0 Å². The van der Waals surface area contributed by atoms with Crippen LogP contribution in [0.4, 0.5) is 0 Å². The van der Waals surface area contributed by atoms with Gasteiger partial charge in [-0.2, -0.15) is 0 Å². The van der Waals surface area contributed by atoms with Crippen LogP contribution in [0.2, 0.25) is 0 Å². The summed E-state index contributed by atoms with van der Waals surface area (Å²) in [6.07, 6.45) is 0.133. The average molecular weight is 713 g/mol. The molecule has 0 bridgehead atoms. The second-order valence-electron chi connectivity index (χ2n) is 18.2. The van der Waals surface area contributed by atoms with Gasteiger partial charge in [-0.25, -0.2) is 0 Å². The normalized spacial score (nSPS) is 51.5. The summed E-state index contributed by atoms with van der Waals surface area (Å²) in [5.74, 6) is 5.29. The van der Waals surface area contributed by atoms with Gasteiger partial charge >= 0.3 is 0 Å². The standard InChI is InChI=1S/C39H68O11/c1-20(2)7-6-8-21(3)25-11-12-26-24-10-9-22-17-23(13-15-38(22,4)27(24)14-16-39(25,26)5)47-36-34(46)32(44)35(29(19-41)49-36)50-37-33(45)31(43)30(42)28(18-40)48-37/h20-37,40-46H,6-19H2,1-5H3/t21-,22?,23+,24+,25-,26+,27+,28-,29-,30-,31+,32-,33-,34-,35-,36-,37+,38+,39-/m1/s1. The molecule has 290 valence electrons. The second kappa shape index (κ2) is 15.7. The van der Waals surface area contributed by atoms with Gasteiger partial charge in [0.15, 0.2) is 12.6 Å². The van der Waals surface area contributed by atoms with Crippen LogP contribution in [-0.4, -0.2) is 116 Å². The molecule has 2 aliphatic heterocycles. The lowest BCUT2D eigenvalue weighted by Gasteiger charge is -2.61. The maximum atomic E-state index is 11.1. The van der Waals surface area contributed by atoms with Crippen molar-refractivity contribution in [2.24, 2.45) is 52.3 Å². The highest BCUT2D eigenvalue weighted by molar-refractivity contribution is 5.10. The first-order valence-electron chi connectivity index (χ1n) is 20.0. The summed E-state index contributed by atoms with van der Waals surface area (Å²) in [6, 6.07) is 0. The maximum absolute atomic E-state index is 11.1. The van der Waals surface area contributed by atoms with Crippen LogP contribution in [0.15, 0.2) is 0 Å². The van der Waals surface area contributed by atoms with Gasteiger partial charge in [0.1, 0.15) is 48.8 Å². The van der Waals surface area contributed by atoms with Crippen LogP contribution in [0.25, 0.3) is 0 Å². The highest BCUT2D eigenvalue weighted by Crippen LogP contribution is 2.68. The first-order valence-corrected chi connectivity index (χ1v) is 20.0. The first kappa shape index (κ1) is 39.3. The zero-order valence-electron chi connectivity index (χ0n) is 31.1. The minimum atomic E-state index is -1.70. The van der Waals surface area contributed by atoms with Gasteiger partial charge in [0, 0.05) is 0 Å². The number of aliphatic hydroxyl groups excluding tert-OH is 7. The summed E-state index contributed by atoms with van der Waals surface area (Å²) in [7, 11) is 0. The molecule has 0 aromatic heterocycles. The molecule has 0 amide bonds. The fourth-order valence-corrected chi connectivity index (χ4v) is 12.2. The Labute approximate surface area is 299 Å². The van der Waals surface area contributed by atoms with E-state index in [4.69, 9.17) is 18.9 Å². The Morgan fingerprint density at radius 3 is 2.00 bits per heavy atom. The largest absolute Gasteiger partial charge is 0.394 e. The lowest BCUT2D eigenvalue weighted by molar-refractivity contribution is -0.364. The minimum absolute atomic E-state index is 0.157. The van der Waals surface area contributed by atoms with Crippen LogP contribution in [0, 0.1) is 52.3 Å². The molecule has 19 atom stereocenters. The molecule has 1 unspecified atom stereocenters. The molecule has 0 aromatic rings. The molecular weight excluding hydrogens is 644 g/mol. The summed E-state index contributed by atoms with van der Waals surface area (Å²) in [5.41, 5.74) is 0.722. The second-order valence-corrected chi connectivity index (χ2v) is 18.2. The van der Waals surface area contributed by atoms with Gasteiger partial charge < -0.3 is 54.7 Å². The van der Waals surface area contributed by atoms with Crippen LogP contribution in [0.5, 0.6) is 0 Å². The number of rotatable bonds is 11. The number of fused-ring (bicyclic) bond motifs is 5. The van der Waals surface area contributed by atoms with Gasteiger partial charge in [-0.15, -0.1) is 0 Å². The number of hydrogen-bond donors (Lipinski definition) is 7. The first-order chi connectivity index (χ1) is 23.7. The monoisotopic (exact) mass is 712 g/mol. The molecular formula is C39H68O11. The van der Waals surface area contributed by atoms with E-state index >= 15 is 0 Å². The molecule has 11 nitrogen and oxygen atoms in total.